The number of anilines is 1. The van der Waals surface area contributed by atoms with Crippen LogP contribution in [0.1, 0.15) is 29.8 Å². The van der Waals surface area contributed by atoms with E-state index in [9.17, 15) is 13.2 Å². The van der Waals surface area contributed by atoms with Crippen molar-refractivity contribution in [3.8, 4) is 0 Å². The van der Waals surface area contributed by atoms with Crippen LogP contribution in [0.4, 0.5) is 5.82 Å². The summed E-state index contributed by atoms with van der Waals surface area (Å²) < 4.78 is 27.0. The molecule has 6 nitrogen and oxygen atoms in total. The summed E-state index contributed by atoms with van der Waals surface area (Å²) in [6, 6.07) is 9.40. The van der Waals surface area contributed by atoms with Gasteiger partial charge >= 0.3 is 0 Å². The largest absolute Gasteiger partial charge is 0.307 e. The minimum atomic E-state index is -3.65. The molecule has 2 N–H and O–H groups in total. The van der Waals surface area contributed by atoms with E-state index >= 15 is 0 Å². The van der Waals surface area contributed by atoms with E-state index in [2.05, 4.69) is 15.0 Å². The number of aromatic nitrogens is 1. The predicted octanol–water partition coefficient (Wildman–Crippen LogP) is 2.33. The van der Waals surface area contributed by atoms with Crippen LogP contribution in [-0.4, -0.2) is 25.4 Å². The second kappa shape index (κ2) is 6.89. The molecular weight excluding hydrogens is 314 g/mol. The highest BCUT2D eigenvalue weighted by atomic mass is 32.2. The van der Waals surface area contributed by atoms with E-state index in [1.165, 1.54) is 12.1 Å². The molecule has 0 radical (unpaired) electrons. The molecule has 2 aromatic rings. The molecule has 23 heavy (non-hydrogen) atoms. The van der Waals surface area contributed by atoms with E-state index in [1.807, 2.05) is 0 Å². The maximum Gasteiger partial charge on any atom is 0.257 e. The number of aryl methyl sites for hydroxylation is 1. The third-order valence-corrected chi connectivity index (χ3v) is 4.72. The summed E-state index contributed by atoms with van der Waals surface area (Å²) >= 11 is 0. The lowest BCUT2D eigenvalue weighted by atomic mass is 10.1. The van der Waals surface area contributed by atoms with E-state index in [0.29, 0.717) is 16.9 Å². The fourth-order valence-corrected chi connectivity index (χ4v) is 3.29. The third kappa shape index (κ3) is 4.37. The van der Waals surface area contributed by atoms with Gasteiger partial charge in [0.2, 0.25) is 10.0 Å². The minimum Gasteiger partial charge on any atom is -0.307 e. The molecule has 0 fully saturated rings. The quantitative estimate of drug-likeness (QED) is 0.879. The first-order valence-electron chi connectivity index (χ1n) is 7.15. The zero-order valence-electron chi connectivity index (χ0n) is 13.2. The normalized spacial score (nSPS) is 11.5. The van der Waals surface area contributed by atoms with Crippen molar-refractivity contribution < 1.29 is 13.2 Å². The summed E-state index contributed by atoms with van der Waals surface area (Å²) in [7, 11) is -3.65. The Hall–Kier alpha value is -2.25. The number of amides is 1. The van der Waals surface area contributed by atoms with Crippen molar-refractivity contribution in [1.82, 2.24) is 9.71 Å². The number of benzene rings is 1. The Morgan fingerprint density at radius 2 is 1.91 bits per heavy atom. The SMILES string of the molecule is Cc1ccc(S(=O)(=O)NC(C)C)cc1C(=O)Nc1ccccn1. The summed E-state index contributed by atoms with van der Waals surface area (Å²) in [6.07, 6.45) is 1.57. The van der Waals surface area contributed by atoms with E-state index in [4.69, 9.17) is 0 Å². The summed E-state index contributed by atoms with van der Waals surface area (Å²) in [4.78, 5) is 16.5. The van der Waals surface area contributed by atoms with Crippen molar-refractivity contribution in [2.75, 3.05) is 5.32 Å². The molecule has 1 heterocycles. The topological polar surface area (TPSA) is 88.2 Å². The standard InChI is InChI=1S/C16H19N3O3S/c1-11(2)19-23(21,22)13-8-7-12(3)14(10-13)16(20)18-15-6-4-5-9-17-15/h4-11,19H,1-3H3,(H,17,18,20). The van der Waals surface area contributed by atoms with Gasteiger partial charge in [-0.25, -0.2) is 18.1 Å². The molecule has 0 bridgehead atoms. The molecule has 0 atom stereocenters. The number of hydrogen-bond donors (Lipinski definition) is 2. The molecule has 0 unspecified atom stereocenters. The van der Waals surface area contributed by atoms with Crippen LogP contribution in [-0.2, 0) is 10.0 Å². The first-order chi connectivity index (χ1) is 10.8. The lowest BCUT2D eigenvalue weighted by Crippen LogP contribution is -2.30. The maximum atomic E-state index is 12.4. The fraction of sp³-hybridized carbons (Fsp3) is 0.250. The van der Waals surface area contributed by atoms with Crippen LogP contribution in [0, 0.1) is 6.92 Å². The molecule has 2 rings (SSSR count). The van der Waals surface area contributed by atoms with E-state index in [-0.39, 0.29) is 10.9 Å². The van der Waals surface area contributed by atoms with Gasteiger partial charge in [-0.05, 0) is 50.6 Å². The number of nitrogens with one attached hydrogen (secondary N) is 2. The number of hydrogen-bond acceptors (Lipinski definition) is 4. The Morgan fingerprint density at radius 1 is 1.17 bits per heavy atom. The van der Waals surface area contributed by atoms with Crippen molar-refractivity contribution in [2.45, 2.75) is 31.7 Å². The molecule has 1 aromatic heterocycles. The average Bonchev–Trinajstić information content (AvgIpc) is 2.47. The molecule has 0 aliphatic carbocycles. The summed E-state index contributed by atoms with van der Waals surface area (Å²) in [5.41, 5.74) is 0.976. The molecule has 0 aliphatic rings. The number of sulfonamides is 1. The Labute approximate surface area is 136 Å². The van der Waals surface area contributed by atoms with Crippen LogP contribution < -0.4 is 10.0 Å². The van der Waals surface area contributed by atoms with E-state index in [1.54, 1.807) is 51.2 Å². The lowest BCUT2D eigenvalue weighted by Gasteiger charge is -2.12. The number of nitrogens with zero attached hydrogens (tertiary/aromatic N) is 1. The maximum absolute atomic E-state index is 12.4. The van der Waals surface area contributed by atoms with Crippen molar-refractivity contribution in [3.05, 3.63) is 53.7 Å². The van der Waals surface area contributed by atoms with Gasteiger partial charge in [-0.3, -0.25) is 4.79 Å². The van der Waals surface area contributed by atoms with Crippen LogP contribution in [0.15, 0.2) is 47.5 Å². The second-order valence-electron chi connectivity index (χ2n) is 5.42. The molecule has 0 saturated carbocycles. The Morgan fingerprint density at radius 3 is 2.52 bits per heavy atom. The first-order valence-corrected chi connectivity index (χ1v) is 8.63. The molecule has 1 aromatic carbocycles. The summed E-state index contributed by atoms with van der Waals surface area (Å²) in [6.45, 7) is 5.22. The highest BCUT2D eigenvalue weighted by Gasteiger charge is 2.19. The second-order valence-corrected chi connectivity index (χ2v) is 7.14. The summed E-state index contributed by atoms with van der Waals surface area (Å²) in [5, 5.41) is 2.65. The van der Waals surface area contributed by atoms with Crippen LogP contribution in [0.5, 0.6) is 0 Å². The Balaban J connectivity index is 2.32. The van der Waals surface area contributed by atoms with Gasteiger partial charge in [-0.2, -0.15) is 0 Å². The van der Waals surface area contributed by atoms with Gasteiger partial charge in [0.05, 0.1) is 4.90 Å². The fourth-order valence-electron chi connectivity index (χ4n) is 2.01. The van der Waals surface area contributed by atoms with Gasteiger partial charge in [-0.1, -0.05) is 12.1 Å². The number of carbonyl (C=O) groups is 1. The van der Waals surface area contributed by atoms with Crippen molar-refractivity contribution in [2.24, 2.45) is 0 Å². The zero-order chi connectivity index (χ0) is 17.0. The number of pyridine rings is 1. The number of carbonyl (C=O) groups excluding carboxylic acids is 1. The number of rotatable bonds is 5. The third-order valence-electron chi connectivity index (χ3n) is 3.06. The highest BCUT2D eigenvalue weighted by Crippen LogP contribution is 2.17. The Bertz CT molecular complexity index is 803. The van der Waals surface area contributed by atoms with Crippen molar-refractivity contribution in [3.63, 3.8) is 0 Å². The van der Waals surface area contributed by atoms with Gasteiger partial charge in [0.25, 0.3) is 5.91 Å². The van der Waals surface area contributed by atoms with Gasteiger partial charge in [-0.15, -0.1) is 0 Å². The molecular formula is C16H19N3O3S. The Kier molecular flexibility index (Phi) is 5.12. The van der Waals surface area contributed by atoms with Gasteiger partial charge < -0.3 is 5.32 Å². The molecule has 7 heteroatoms. The molecule has 0 saturated heterocycles. The zero-order valence-corrected chi connectivity index (χ0v) is 14.0. The van der Waals surface area contributed by atoms with Crippen molar-refractivity contribution in [1.29, 1.82) is 0 Å². The molecule has 122 valence electrons. The molecule has 0 spiro atoms. The van der Waals surface area contributed by atoms with Crippen LogP contribution in [0.2, 0.25) is 0 Å². The van der Waals surface area contributed by atoms with Crippen molar-refractivity contribution >= 4 is 21.7 Å². The van der Waals surface area contributed by atoms with E-state index < -0.39 is 15.9 Å². The molecule has 1 amide bonds. The van der Waals surface area contributed by atoms with Gasteiger partial charge in [0.1, 0.15) is 5.82 Å². The van der Waals surface area contributed by atoms with Gasteiger partial charge in [0.15, 0.2) is 0 Å². The first kappa shape index (κ1) is 17.1. The van der Waals surface area contributed by atoms with Gasteiger partial charge in [0, 0.05) is 17.8 Å². The van der Waals surface area contributed by atoms with Crippen LogP contribution in [0.3, 0.4) is 0 Å². The smallest absolute Gasteiger partial charge is 0.257 e. The van der Waals surface area contributed by atoms with E-state index in [0.717, 1.165) is 0 Å². The lowest BCUT2D eigenvalue weighted by molar-refractivity contribution is 0.102. The van der Waals surface area contributed by atoms with Crippen LogP contribution in [0.25, 0.3) is 0 Å². The van der Waals surface area contributed by atoms with Crippen LogP contribution >= 0.6 is 0 Å². The molecule has 0 aliphatic heterocycles. The average molecular weight is 333 g/mol. The summed E-state index contributed by atoms with van der Waals surface area (Å²) in [5.74, 6) is 0.00765. The monoisotopic (exact) mass is 333 g/mol. The predicted molar refractivity (Wildman–Crippen MR) is 88.8 cm³/mol. The minimum absolute atomic E-state index is 0.0583. The highest BCUT2D eigenvalue weighted by molar-refractivity contribution is 7.89.